The van der Waals surface area contributed by atoms with E-state index in [9.17, 15) is 0 Å². The lowest BCUT2D eigenvalue weighted by Gasteiger charge is -2.20. The highest BCUT2D eigenvalue weighted by Crippen LogP contribution is 2.43. The lowest BCUT2D eigenvalue weighted by molar-refractivity contribution is 1.25. The Morgan fingerprint density at radius 3 is 1.48 bits per heavy atom. The van der Waals surface area contributed by atoms with Crippen molar-refractivity contribution in [1.82, 2.24) is 0 Å². The van der Waals surface area contributed by atoms with E-state index in [1.807, 2.05) is 0 Å². The molecule has 122 valence electrons. The van der Waals surface area contributed by atoms with Gasteiger partial charge >= 0.3 is 0 Å². The van der Waals surface area contributed by atoms with Crippen molar-refractivity contribution < 1.29 is 0 Å². The van der Waals surface area contributed by atoms with Crippen LogP contribution in [0.2, 0.25) is 13.1 Å². The predicted molar refractivity (Wildman–Crippen MR) is 112 cm³/mol. The zero-order chi connectivity index (χ0) is 17.0. The molecule has 0 aromatic heterocycles. The molecule has 0 saturated heterocycles. The Kier molecular flexibility index (Phi) is 3.17. The second-order valence-electron chi connectivity index (χ2n) is 8.16. The highest BCUT2D eigenvalue weighted by Gasteiger charge is 2.30. The fourth-order valence-corrected chi connectivity index (χ4v) is 7.39. The van der Waals surface area contributed by atoms with Gasteiger partial charge in [0.25, 0.3) is 0 Å². The first kappa shape index (κ1) is 14.9. The quantitative estimate of drug-likeness (QED) is 0.319. The molecule has 1 heterocycles. The molecule has 0 spiro atoms. The standard InChI is InChI=1S/C24H22Si/c1-25(2)15-19-13-11-17-7-3-5-9-21(17)23(19)24-20(16-25)14-12-18-8-4-6-10-22(18)24/h3-14H,15-16H2,1-2H3. The molecular weight excluding hydrogens is 316 g/mol. The van der Waals surface area contributed by atoms with E-state index in [1.165, 1.54) is 44.8 Å². The maximum Gasteiger partial charge on any atom is 0.0561 e. The van der Waals surface area contributed by atoms with Crippen LogP contribution in [0.3, 0.4) is 0 Å². The molecule has 0 aliphatic carbocycles. The minimum atomic E-state index is -1.32. The Morgan fingerprint density at radius 1 is 0.560 bits per heavy atom. The molecule has 1 aliphatic heterocycles. The Balaban J connectivity index is 2.00. The Bertz CT molecular complexity index is 1030. The van der Waals surface area contributed by atoms with Crippen LogP contribution in [0.25, 0.3) is 32.7 Å². The molecule has 0 bridgehead atoms. The van der Waals surface area contributed by atoms with Crippen molar-refractivity contribution in [1.29, 1.82) is 0 Å². The summed E-state index contributed by atoms with van der Waals surface area (Å²) in [6, 6.07) is 29.7. The fourth-order valence-electron chi connectivity index (χ4n) is 4.61. The van der Waals surface area contributed by atoms with Gasteiger partial charge in [0.1, 0.15) is 0 Å². The summed E-state index contributed by atoms with van der Waals surface area (Å²) in [5.41, 5.74) is 6.07. The normalized spacial score (nSPS) is 15.6. The summed E-state index contributed by atoms with van der Waals surface area (Å²) in [5, 5.41) is 5.51. The van der Waals surface area contributed by atoms with Crippen LogP contribution < -0.4 is 0 Å². The van der Waals surface area contributed by atoms with Gasteiger partial charge < -0.3 is 0 Å². The van der Waals surface area contributed by atoms with Gasteiger partial charge in [-0.25, -0.2) is 0 Å². The molecule has 0 atom stereocenters. The molecule has 0 radical (unpaired) electrons. The Morgan fingerprint density at radius 2 is 1.00 bits per heavy atom. The van der Waals surface area contributed by atoms with Crippen LogP contribution in [0.1, 0.15) is 11.1 Å². The first-order valence-electron chi connectivity index (χ1n) is 9.14. The molecule has 0 saturated carbocycles. The average molecular weight is 339 g/mol. The SMILES string of the molecule is C[Si]1(C)Cc2ccc3ccccc3c2-c2c(ccc3ccccc23)C1. The van der Waals surface area contributed by atoms with Crippen molar-refractivity contribution >= 4 is 29.6 Å². The van der Waals surface area contributed by atoms with Crippen molar-refractivity contribution in [2.75, 3.05) is 0 Å². The number of rotatable bonds is 0. The molecule has 25 heavy (non-hydrogen) atoms. The van der Waals surface area contributed by atoms with Crippen LogP contribution in [0.4, 0.5) is 0 Å². The molecule has 4 aromatic rings. The average Bonchev–Trinajstić information content (AvgIpc) is 2.73. The van der Waals surface area contributed by atoms with E-state index >= 15 is 0 Å². The number of hydrogen-bond donors (Lipinski definition) is 0. The Labute approximate surface area is 150 Å². The largest absolute Gasteiger partial charge is 0.0689 e. The second-order valence-corrected chi connectivity index (χ2v) is 13.2. The van der Waals surface area contributed by atoms with E-state index in [-0.39, 0.29) is 0 Å². The summed E-state index contributed by atoms with van der Waals surface area (Å²) >= 11 is 0. The van der Waals surface area contributed by atoms with Crippen LogP contribution in [0.5, 0.6) is 0 Å². The molecule has 0 unspecified atom stereocenters. The number of hydrogen-bond acceptors (Lipinski definition) is 0. The predicted octanol–water partition coefficient (Wildman–Crippen LogP) is 6.55. The summed E-state index contributed by atoms with van der Waals surface area (Å²) in [6.07, 6.45) is 0. The maximum atomic E-state index is 2.54. The van der Waals surface area contributed by atoms with Crippen molar-refractivity contribution in [3.8, 4) is 11.1 Å². The topological polar surface area (TPSA) is 0 Å². The molecule has 1 aliphatic rings. The summed E-state index contributed by atoms with van der Waals surface area (Å²) in [4.78, 5) is 0. The van der Waals surface area contributed by atoms with Gasteiger partial charge in [0.2, 0.25) is 0 Å². The van der Waals surface area contributed by atoms with Gasteiger partial charge in [-0.3, -0.25) is 0 Å². The highest BCUT2D eigenvalue weighted by atomic mass is 28.3. The molecule has 0 amide bonds. The van der Waals surface area contributed by atoms with E-state index in [0.717, 1.165) is 0 Å². The maximum absolute atomic E-state index is 2.54. The van der Waals surface area contributed by atoms with Gasteiger partial charge in [-0.15, -0.1) is 0 Å². The first-order chi connectivity index (χ1) is 12.1. The van der Waals surface area contributed by atoms with Crippen molar-refractivity contribution in [3.63, 3.8) is 0 Å². The van der Waals surface area contributed by atoms with E-state index < -0.39 is 8.07 Å². The fraction of sp³-hybridized carbons (Fsp3) is 0.167. The minimum Gasteiger partial charge on any atom is -0.0689 e. The third-order valence-electron chi connectivity index (χ3n) is 5.62. The Hall–Kier alpha value is -2.38. The number of fused-ring (bicyclic) bond motifs is 7. The van der Waals surface area contributed by atoms with Crippen LogP contribution in [-0.2, 0) is 12.1 Å². The van der Waals surface area contributed by atoms with Crippen molar-refractivity contribution in [2.24, 2.45) is 0 Å². The van der Waals surface area contributed by atoms with Gasteiger partial charge in [-0.2, -0.15) is 0 Å². The molecule has 0 nitrogen and oxygen atoms in total. The molecule has 4 aromatic carbocycles. The van der Waals surface area contributed by atoms with E-state index in [2.05, 4.69) is 85.9 Å². The van der Waals surface area contributed by atoms with Gasteiger partial charge in [0, 0.05) is 0 Å². The third kappa shape index (κ3) is 2.34. The van der Waals surface area contributed by atoms with Crippen molar-refractivity contribution in [2.45, 2.75) is 25.2 Å². The lowest BCUT2D eigenvalue weighted by atomic mass is 9.88. The summed E-state index contributed by atoms with van der Waals surface area (Å²) < 4.78 is 0. The van der Waals surface area contributed by atoms with Crippen LogP contribution >= 0.6 is 0 Å². The summed E-state index contributed by atoms with van der Waals surface area (Å²) in [7, 11) is -1.32. The van der Waals surface area contributed by atoms with Gasteiger partial charge in [-0.1, -0.05) is 85.9 Å². The van der Waals surface area contributed by atoms with E-state index in [1.54, 1.807) is 11.1 Å². The van der Waals surface area contributed by atoms with E-state index in [4.69, 9.17) is 0 Å². The monoisotopic (exact) mass is 338 g/mol. The second kappa shape index (κ2) is 5.31. The third-order valence-corrected chi connectivity index (χ3v) is 8.29. The summed E-state index contributed by atoms with van der Waals surface area (Å²) in [5.74, 6) is 0. The van der Waals surface area contributed by atoms with Gasteiger partial charge in [0.15, 0.2) is 0 Å². The van der Waals surface area contributed by atoms with Gasteiger partial charge in [0.05, 0.1) is 8.07 Å². The molecule has 0 fully saturated rings. The highest BCUT2D eigenvalue weighted by molar-refractivity contribution is 6.76. The molecule has 0 N–H and O–H groups in total. The molecule has 5 rings (SSSR count). The smallest absolute Gasteiger partial charge is 0.0561 e. The van der Waals surface area contributed by atoms with Crippen LogP contribution in [0.15, 0.2) is 72.8 Å². The molecule has 1 heteroatoms. The van der Waals surface area contributed by atoms with Gasteiger partial charge in [-0.05, 0) is 55.9 Å². The number of benzene rings is 4. The van der Waals surface area contributed by atoms with Crippen LogP contribution in [-0.4, -0.2) is 8.07 Å². The zero-order valence-corrected chi connectivity index (χ0v) is 15.8. The van der Waals surface area contributed by atoms with E-state index in [0.29, 0.717) is 0 Å². The lowest BCUT2D eigenvalue weighted by Crippen LogP contribution is -2.31. The van der Waals surface area contributed by atoms with Crippen molar-refractivity contribution in [3.05, 3.63) is 83.9 Å². The molecular formula is C24H22Si. The first-order valence-corrected chi connectivity index (χ1v) is 12.6. The minimum absolute atomic E-state index is 1.26. The summed E-state index contributed by atoms with van der Waals surface area (Å²) in [6.45, 7) is 5.08. The zero-order valence-electron chi connectivity index (χ0n) is 14.8. The van der Waals surface area contributed by atoms with Crippen LogP contribution in [0, 0.1) is 0 Å².